The van der Waals surface area contributed by atoms with E-state index < -0.39 is 11.4 Å². The summed E-state index contributed by atoms with van der Waals surface area (Å²) in [6.07, 6.45) is 3.74. The fourth-order valence-corrected chi connectivity index (χ4v) is 2.77. The lowest BCUT2D eigenvalue weighted by Gasteiger charge is -2.31. The van der Waals surface area contributed by atoms with E-state index in [1.54, 1.807) is 12.3 Å². The van der Waals surface area contributed by atoms with E-state index in [-0.39, 0.29) is 23.5 Å². The molecule has 24 heavy (non-hydrogen) atoms. The van der Waals surface area contributed by atoms with Crippen LogP contribution in [0.15, 0.2) is 29.3 Å². The average Bonchev–Trinajstić information content (AvgIpc) is 2.47. The van der Waals surface area contributed by atoms with Crippen molar-refractivity contribution in [1.29, 1.82) is 0 Å². The Morgan fingerprint density at radius 2 is 2.08 bits per heavy atom. The van der Waals surface area contributed by atoms with Crippen molar-refractivity contribution in [3.8, 4) is 0 Å². The largest absolute Gasteiger partial charge is 0.345 e. The zero-order chi connectivity index (χ0) is 17.2. The number of aromatic nitrogens is 2. The number of nitrogens with zero attached hydrogens (tertiary/aromatic N) is 2. The molecule has 0 aliphatic rings. The van der Waals surface area contributed by atoms with Gasteiger partial charge < -0.3 is 11.1 Å². The van der Waals surface area contributed by atoms with Crippen molar-refractivity contribution in [1.82, 2.24) is 14.7 Å². The lowest BCUT2D eigenvalue weighted by atomic mass is 9.90. The zero-order valence-electron chi connectivity index (χ0n) is 14.5. The van der Waals surface area contributed by atoms with Gasteiger partial charge in [0.1, 0.15) is 11.2 Å². The maximum atomic E-state index is 12.5. The molecule has 0 bridgehead atoms. The molecule has 0 fully saturated rings. The minimum absolute atomic E-state index is 0. The number of carbonyl (C=O) groups excluding carboxylic acids is 1. The highest BCUT2D eigenvalue weighted by atomic mass is 35.5. The molecule has 0 aliphatic carbocycles. The van der Waals surface area contributed by atoms with Gasteiger partial charge in [-0.25, -0.2) is 4.98 Å². The van der Waals surface area contributed by atoms with E-state index in [0.717, 1.165) is 12.0 Å². The van der Waals surface area contributed by atoms with E-state index in [9.17, 15) is 9.59 Å². The first-order valence-electron chi connectivity index (χ1n) is 7.76. The molecular weight excluding hydrogens is 328 g/mol. The molecule has 1 unspecified atom stereocenters. The van der Waals surface area contributed by atoms with Gasteiger partial charge in [0.2, 0.25) is 0 Å². The standard InChI is InChI=1S/C17H24N4O2.ClH/c1-11(2)7-17(4,10-18)20-15(22)13-8-19-14-6-5-12(3)9-21(14)16(13)23;/h5-6,8-9,11H,7,10,18H2,1-4H3,(H,20,22);1H. The van der Waals surface area contributed by atoms with E-state index in [1.165, 1.54) is 10.6 Å². The quantitative estimate of drug-likeness (QED) is 0.860. The minimum atomic E-state index is -0.552. The molecule has 3 N–H and O–H groups in total. The van der Waals surface area contributed by atoms with E-state index >= 15 is 0 Å². The zero-order valence-corrected chi connectivity index (χ0v) is 15.3. The molecule has 1 amide bonds. The molecular formula is C17H25ClN4O2. The predicted octanol–water partition coefficient (Wildman–Crippen LogP) is 1.92. The van der Waals surface area contributed by atoms with Crippen LogP contribution in [0.25, 0.3) is 5.65 Å². The van der Waals surface area contributed by atoms with Crippen LogP contribution in [0.2, 0.25) is 0 Å². The number of fused-ring (bicyclic) bond motifs is 1. The second kappa shape index (κ2) is 7.77. The van der Waals surface area contributed by atoms with Gasteiger partial charge in [-0.1, -0.05) is 19.9 Å². The van der Waals surface area contributed by atoms with Crippen LogP contribution in [-0.4, -0.2) is 27.4 Å². The lowest BCUT2D eigenvalue weighted by molar-refractivity contribution is 0.0896. The molecule has 0 radical (unpaired) electrons. The number of hydrogen-bond donors (Lipinski definition) is 2. The summed E-state index contributed by atoms with van der Waals surface area (Å²) in [5.74, 6) is -0.0608. The summed E-state index contributed by atoms with van der Waals surface area (Å²) in [6.45, 7) is 8.21. The molecule has 2 heterocycles. The number of hydrogen-bond acceptors (Lipinski definition) is 4. The molecule has 132 valence electrons. The van der Waals surface area contributed by atoms with Gasteiger partial charge in [0, 0.05) is 24.5 Å². The monoisotopic (exact) mass is 352 g/mol. The highest BCUT2D eigenvalue weighted by molar-refractivity contribution is 5.94. The first-order valence-corrected chi connectivity index (χ1v) is 7.76. The number of pyridine rings is 1. The summed E-state index contributed by atoms with van der Waals surface area (Å²) in [5.41, 5.74) is 6.35. The van der Waals surface area contributed by atoms with E-state index in [1.807, 2.05) is 19.9 Å². The van der Waals surface area contributed by atoms with Crippen LogP contribution >= 0.6 is 12.4 Å². The Morgan fingerprint density at radius 1 is 1.42 bits per heavy atom. The SMILES string of the molecule is Cc1ccc2ncc(C(=O)NC(C)(CN)CC(C)C)c(=O)n2c1.Cl. The predicted molar refractivity (Wildman–Crippen MR) is 97.8 cm³/mol. The van der Waals surface area contributed by atoms with Gasteiger partial charge >= 0.3 is 0 Å². The summed E-state index contributed by atoms with van der Waals surface area (Å²) in [6, 6.07) is 3.62. The van der Waals surface area contributed by atoms with Crippen LogP contribution in [0.1, 0.15) is 43.1 Å². The van der Waals surface area contributed by atoms with Gasteiger partial charge in [0.15, 0.2) is 0 Å². The summed E-state index contributed by atoms with van der Waals surface area (Å²) < 4.78 is 1.40. The molecule has 7 heteroatoms. The Labute approximate surface area is 147 Å². The Balaban J connectivity index is 0.00000288. The smallest absolute Gasteiger partial charge is 0.270 e. The minimum Gasteiger partial charge on any atom is -0.345 e. The van der Waals surface area contributed by atoms with E-state index in [4.69, 9.17) is 5.73 Å². The highest BCUT2D eigenvalue weighted by Crippen LogP contribution is 2.15. The molecule has 0 saturated heterocycles. The van der Waals surface area contributed by atoms with Crippen molar-refractivity contribution in [2.75, 3.05) is 6.54 Å². The third-order valence-electron chi connectivity index (χ3n) is 3.82. The normalized spacial score (nSPS) is 13.4. The average molecular weight is 353 g/mol. The molecule has 0 saturated carbocycles. The molecule has 2 rings (SSSR count). The Morgan fingerprint density at radius 3 is 2.67 bits per heavy atom. The van der Waals surface area contributed by atoms with Crippen LogP contribution < -0.4 is 16.6 Å². The number of carbonyl (C=O) groups is 1. The van der Waals surface area contributed by atoms with Crippen molar-refractivity contribution in [3.05, 3.63) is 46.0 Å². The lowest BCUT2D eigenvalue weighted by Crippen LogP contribution is -2.53. The molecule has 0 aliphatic heterocycles. The molecule has 2 aromatic rings. The summed E-state index contributed by atoms with van der Waals surface area (Å²) in [4.78, 5) is 29.3. The number of amides is 1. The third-order valence-corrected chi connectivity index (χ3v) is 3.82. The van der Waals surface area contributed by atoms with Crippen molar-refractivity contribution in [2.45, 2.75) is 39.7 Å². The van der Waals surface area contributed by atoms with Gasteiger partial charge in [-0.15, -0.1) is 12.4 Å². The Hall–Kier alpha value is -1.92. The van der Waals surface area contributed by atoms with Gasteiger partial charge in [-0.2, -0.15) is 0 Å². The maximum Gasteiger partial charge on any atom is 0.270 e. The van der Waals surface area contributed by atoms with Gasteiger partial charge in [-0.3, -0.25) is 14.0 Å². The number of nitrogens with two attached hydrogens (primary N) is 1. The highest BCUT2D eigenvalue weighted by Gasteiger charge is 2.27. The number of aryl methyl sites for hydroxylation is 1. The summed E-state index contributed by atoms with van der Waals surface area (Å²) >= 11 is 0. The number of rotatable bonds is 5. The fraction of sp³-hybridized carbons (Fsp3) is 0.471. The fourth-order valence-electron chi connectivity index (χ4n) is 2.77. The van der Waals surface area contributed by atoms with Crippen molar-refractivity contribution in [3.63, 3.8) is 0 Å². The van der Waals surface area contributed by atoms with Crippen LogP contribution in [0.3, 0.4) is 0 Å². The third kappa shape index (κ3) is 4.33. The van der Waals surface area contributed by atoms with Crippen LogP contribution in [0.4, 0.5) is 0 Å². The Kier molecular flexibility index (Phi) is 6.51. The summed E-state index contributed by atoms with van der Waals surface area (Å²) in [7, 11) is 0. The van der Waals surface area contributed by atoms with Crippen LogP contribution in [0.5, 0.6) is 0 Å². The van der Waals surface area contributed by atoms with Gasteiger partial charge in [-0.05, 0) is 37.8 Å². The van der Waals surface area contributed by atoms with Crippen LogP contribution in [-0.2, 0) is 0 Å². The molecule has 0 spiro atoms. The van der Waals surface area contributed by atoms with Crippen molar-refractivity contribution in [2.24, 2.45) is 11.7 Å². The van der Waals surface area contributed by atoms with Crippen molar-refractivity contribution >= 4 is 24.0 Å². The maximum absolute atomic E-state index is 12.5. The molecule has 0 aromatic carbocycles. The summed E-state index contributed by atoms with van der Waals surface area (Å²) in [5, 5.41) is 2.89. The van der Waals surface area contributed by atoms with Crippen LogP contribution in [0, 0.1) is 12.8 Å². The van der Waals surface area contributed by atoms with E-state index in [2.05, 4.69) is 24.1 Å². The molecule has 1 atom stereocenters. The Bertz CT molecular complexity index is 788. The second-order valence-electron chi connectivity index (χ2n) is 6.73. The first-order chi connectivity index (χ1) is 10.8. The van der Waals surface area contributed by atoms with Gasteiger partial charge in [0.05, 0.1) is 0 Å². The second-order valence-corrected chi connectivity index (χ2v) is 6.73. The van der Waals surface area contributed by atoms with Gasteiger partial charge in [0.25, 0.3) is 11.5 Å². The number of halogens is 1. The first kappa shape index (κ1) is 20.1. The van der Waals surface area contributed by atoms with E-state index in [0.29, 0.717) is 18.1 Å². The number of nitrogens with one attached hydrogen (secondary N) is 1. The van der Waals surface area contributed by atoms with Crippen molar-refractivity contribution < 1.29 is 4.79 Å². The topological polar surface area (TPSA) is 89.5 Å². The molecule has 6 nitrogen and oxygen atoms in total. The molecule has 2 aromatic heterocycles.